The zero-order valence-electron chi connectivity index (χ0n) is 12.2. The van der Waals surface area contributed by atoms with Gasteiger partial charge in [0.2, 0.25) is 0 Å². The second-order valence-corrected chi connectivity index (χ2v) is 4.62. The van der Waals surface area contributed by atoms with Crippen LogP contribution in [-0.4, -0.2) is 43.4 Å². The number of nitrogens with one attached hydrogen (secondary N) is 2. The van der Waals surface area contributed by atoms with Crippen LogP contribution in [0.1, 0.15) is 19.2 Å². The largest absolute Gasteiger partial charge is 0.497 e. The lowest BCUT2D eigenvalue weighted by Crippen LogP contribution is -2.20. The first kappa shape index (κ1) is 14.8. The number of H-pyrrole nitrogens is 1. The van der Waals surface area contributed by atoms with Gasteiger partial charge in [-0.2, -0.15) is 0 Å². The van der Waals surface area contributed by atoms with Crippen LogP contribution in [0.3, 0.4) is 0 Å². The molecule has 0 atom stereocenters. The Kier molecular flexibility index (Phi) is 5.83. The van der Waals surface area contributed by atoms with Gasteiger partial charge in [0.1, 0.15) is 11.6 Å². The molecule has 0 aliphatic rings. The molecule has 0 saturated carbocycles. The SMILES string of the molecule is CCOCCCNCCc1nc2ccc(OC)cc2[nH]1. The van der Waals surface area contributed by atoms with Gasteiger partial charge in [-0.05, 0) is 32.0 Å². The number of fused-ring (bicyclic) bond motifs is 1. The summed E-state index contributed by atoms with van der Waals surface area (Å²) in [5.74, 6) is 1.85. The number of hydrogen-bond donors (Lipinski definition) is 2. The van der Waals surface area contributed by atoms with E-state index in [-0.39, 0.29) is 0 Å². The minimum absolute atomic E-state index is 0.794. The molecule has 2 N–H and O–H groups in total. The number of ether oxygens (including phenoxy) is 2. The molecule has 1 aromatic heterocycles. The zero-order valence-corrected chi connectivity index (χ0v) is 12.2. The Labute approximate surface area is 119 Å². The van der Waals surface area contributed by atoms with Gasteiger partial charge in [-0.15, -0.1) is 0 Å². The van der Waals surface area contributed by atoms with Crippen LogP contribution in [0.25, 0.3) is 11.0 Å². The third-order valence-electron chi connectivity index (χ3n) is 3.12. The van der Waals surface area contributed by atoms with Crippen molar-refractivity contribution in [1.29, 1.82) is 0 Å². The van der Waals surface area contributed by atoms with Crippen LogP contribution < -0.4 is 10.1 Å². The molecule has 0 aliphatic heterocycles. The van der Waals surface area contributed by atoms with Crippen LogP contribution in [-0.2, 0) is 11.2 Å². The fraction of sp³-hybridized carbons (Fsp3) is 0.533. The summed E-state index contributed by atoms with van der Waals surface area (Å²) in [7, 11) is 1.67. The van der Waals surface area contributed by atoms with Crippen molar-refractivity contribution in [3.8, 4) is 5.75 Å². The van der Waals surface area contributed by atoms with Gasteiger partial charge in [-0.3, -0.25) is 0 Å². The number of methoxy groups -OCH3 is 1. The molecule has 0 aliphatic carbocycles. The van der Waals surface area contributed by atoms with Crippen LogP contribution in [0.2, 0.25) is 0 Å². The molecule has 0 radical (unpaired) electrons. The minimum Gasteiger partial charge on any atom is -0.497 e. The van der Waals surface area contributed by atoms with E-state index in [2.05, 4.69) is 15.3 Å². The average molecular weight is 277 g/mol. The first-order valence-electron chi connectivity index (χ1n) is 7.14. The second-order valence-electron chi connectivity index (χ2n) is 4.62. The van der Waals surface area contributed by atoms with Crippen molar-refractivity contribution in [3.63, 3.8) is 0 Å². The third kappa shape index (κ3) is 4.21. The number of benzene rings is 1. The molecule has 0 saturated heterocycles. The summed E-state index contributed by atoms with van der Waals surface area (Å²) in [4.78, 5) is 7.89. The molecule has 0 bridgehead atoms. The van der Waals surface area contributed by atoms with E-state index < -0.39 is 0 Å². The van der Waals surface area contributed by atoms with Crippen molar-refractivity contribution in [2.75, 3.05) is 33.4 Å². The van der Waals surface area contributed by atoms with Gasteiger partial charge in [0, 0.05) is 32.2 Å². The standard InChI is InChI=1S/C15H23N3O2/c1-3-20-10-4-8-16-9-7-15-17-13-6-5-12(19-2)11-14(13)18-15/h5-6,11,16H,3-4,7-10H2,1-2H3,(H,17,18). The molecule has 0 spiro atoms. The van der Waals surface area contributed by atoms with E-state index in [1.54, 1.807) is 7.11 Å². The first-order chi connectivity index (χ1) is 9.83. The van der Waals surface area contributed by atoms with Crippen LogP contribution in [0.4, 0.5) is 0 Å². The van der Waals surface area contributed by atoms with Gasteiger partial charge in [0.15, 0.2) is 0 Å². The van der Waals surface area contributed by atoms with Crippen molar-refractivity contribution in [3.05, 3.63) is 24.0 Å². The summed E-state index contributed by atoms with van der Waals surface area (Å²) in [5.41, 5.74) is 2.01. The van der Waals surface area contributed by atoms with Crippen molar-refractivity contribution < 1.29 is 9.47 Å². The summed E-state index contributed by atoms with van der Waals surface area (Å²) in [5, 5.41) is 3.39. The molecule has 2 aromatic rings. The topological polar surface area (TPSA) is 59.2 Å². The summed E-state index contributed by atoms with van der Waals surface area (Å²) in [6.07, 6.45) is 1.94. The normalized spacial score (nSPS) is 11.1. The van der Waals surface area contributed by atoms with Crippen molar-refractivity contribution >= 4 is 11.0 Å². The van der Waals surface area contributed by atoms with E-state index in [1.807, 2.05) is 25.1 Å². The molecule has 0 amide bonds. The lowest BCUT2D eigenvalue weighted by Gasteiger charge is -2.03. The molecule has 5 heteroatoms. The van der Waals surface area contributed by atoms with E-state index in [4.69, 9.17) is 9.47 Å². The van der Waals surface area contributed by atoms with E-state index >= 15 is 0 Å². The Bertz CT molecular complexity index is 525. The van der Waals surface area contributed by atoms with E-state index in [0.717, 1.165) is 61.8 Å². The zero-order chi connectivity index (χ0) is 14.2. The second kappa shape index (κ2) is 7.87. The number of aromatic amines is 1. The van der Waals surface area contributed by atoms with Crippen molar-refractivity contribution in [1.82, 2.24) is 15.3 Å². The number of rotatable bonds is 9. The highest BCUT2D eigenvalue weighted by atomic mass is 16.5. The molecule has 1 aromatic carbocycles. The minimum atomic E-state index is 0.794. The number of aromatic nitrogens is 2. The highest BCUT2D eigenvalue weighted by molar-refractivity contribution is 5.76. The predicted molar refractivity (Wildman–Crippen MR) is 80.3 cm³/mol. The summed E-state index contributed by atoms with van der Waals surface area (Å²) in [6.45, 7) is 5.54. The van der Waals surface area contributed by atoms with Crippen LogP contribution >= 0.6 is 0 Å². The Morgan fingerprint density at radius 1 is 1.30 bits per heavy atom. The number of nitrogens with zero attached hydrogens (tertiary/aromatic N) is 1. The highest BCUT2D eigenvalue weighted by Gasteiger charge is 2.03. The Balaban J connectivity index is 1.76. The molecule has 5 nitrogen and oxygen atoms in total. The lowest BCUT2D eigenvalue weighted by atomic mass is 10.3. The average Bonchev–Trinajstić information content (AvgIpc) is 2.87. The van der Waals surface area contributed by atoms with Gasteiger partial charge >= 0.3 is 0 Å². The van der Waals surface area contributed by atoms with Gasteiger partial charge < -0.3 is 19.8 Å². The Hall–Kier alpha value is -1.59. The lowest BCUT2D eigenvalue weighted by molar-refractivity contribution is 0.145. The van der Waals surface area contributed by atoms with Crippen LogP contribution in [0, 0.1) is 0 Å². The highest BCUT2D eigenvalue weighted by Crippen LogP contribution is 2.18. The monoisotopic (exact) mass is 277 g/mol. The molecular formula is C15H23N3O2. The number of hydrogen-bond acceptors (Lipinski definition) is 4. The first-order valence-corrected chi connectivity index (χ1v) is 7.14. The molecule has 0 unspecified atom stereocenters. The molecule has 2 rings (SSSR count). The van der Waals surface area contributed by atoms with Crippen molar-refractivity contribution in [2.45, 2.75) is 19.8 Å². The van der Waals surface area contributed by atoms with Crippen molar-refractivity contribution in [2.24, 2.45) is 0 Å². The molecule has 20 heavy (non-hydrogen) atoms. The molecule has 1 heterocycles. The summed E-state index contributed by atoms with van der Waals surface area (Å²) in [6, 6.07) is 5.88. The molecule has 110 valence electrons. The predicted octanol–water partition coefficient (Wildman–Crippen LogP) is 2.13. The van der Waals surface area contributed by atoms with Gasteiger partial charge in [0.05, 0.1) is 18.1 Å². The van der Waals surface area contributed by atoms with E-state index in [1.165, 1.54) is 0 Å². The van der Waals surface area contributed by atoms with Crippen LogP contribution in [0.5, 0.6) is 5.75 Å². The Morgan fingerprint density at radius 3 is 3.00 bits per heavy atom. The maximum atomic E-state index is 5.29. The van der Waals surface area contributed by atoms with E-state index in [9.17, 15) is 0 Å². The van der Waals surface area contributed by atoms with Gasteiger partial charge in [0.25, 0.3) is 0 Å². The number of imidazole rings is 1. The fourth-order valence-electron chi connectivity index (χ4n) is 2.06. The summed E-state index contributed by atoms with van der Waals surface area (Å²) < 4.78 is 10.5. The smallest absolute Gasteiger partial charge is 0.121 e. The maximum absolute atomic E-state index is 5.29. The molecule has 0 fully saturated rings. The van der Waals surface area contributed by atoms with Gasteiger partial charge in [-0.1, -0.05) is 0 Å². The maximum Gasteiger partial charge on any atom is 0.121 e. The van der Waals surface area contributed by atoms with Crippen LogP contribution in [0.15, 0.2) is 18.2 Å². The third-order valence-corrected chi connectivity index (χ3v) is 3.12. The van der Waals surface area contributed by atoms with Gasteiger partial charge in [-0.25, -0.2) is 4.98 Å². The molecular weight excluding hydrogens is 254 g/mol. The quantitative estimate of drug-likeness (QED) is 0.689. The summed E-state index contributed by atoms with van der Waals surface area (Å²) >= 11 is 0. The Morgan fingerprint density at radius 2 is 2.20 bits per heavy atom. The fourth-order valence-corrected chi connectivity index (χ4v) is 2.06. The van der Waals surface area contributed by atoms with E-state index in [0.29, 0.717) is 0 Å².